The van der Waals surface area contributed by atoms with E-state index in [1.165, 1.54) is 10.8 Å². The van der Waals surface area contributed by atoms with Gasteiger partial charge < -0.3 is 20.3 Å². The van der Waals surface area contributed by atoms with Gasteiger partial charge in [0.05, 0.1) is 11.1 Å². The molecule has 3 aromatic heterocycles. The number of fused-ring (bicyclic) bond motifs is 3. The predicted molar refractivity (Wildman–Crippen MR) is 140 cm³/mol. The Labute approximate surface area is 228 Å². The lowest BCUT2D eigenvalue weighted by Gasteiger charge is -2.23. The molecule has 1 aliphatic carbocycles. The van der Waals surface area contributed by atoms with Gasteiger partial charge >= 0.3 is 18.3 Å². The van der Waals surface area contributed by atoms with Gasteiger partial charge in [0, 0.05) is 67.2 Å². The van der Waals surface area contributed by atoms with Gasteiger partial charge in [0.15, 0.2) is 6.73 Å². The van der Waals surface area contributed by atoms with Crippen molar-refractivity contribution < 1.29 is 27.5 Å². The zero-order valence-corrected chi connectivity index (χ0v) is 22.5. The van der Waals surface area contributed by atoms with Crippen LogP contribution in [0.4, 0.5) is 22.8 Å². The van der Waals surface area contributed by atoms with E-state index >= 15 is 0 Å². The van der Waals surface area contributed by atoms with E-state index in [9.17, 15) is 22.8 Å². The van der Waals surface area contributed by atoms with Gasteiger partial charge in [-0.05, 0) is 57.2 Å². The molecular formula is C27H32F3N7O3. The number of urea groups is 1. The minimum absolute atomic E-state index is 0.000419. The first-order chi connectivity index (χ1) is 19.1. The van der Waals surface area contributed by atoms with Gasteiger partial charge in [-0.3, -0.25) is 9.25 Å². The second-order valence-electron chi connectivity index (χ2n) is 11.0. The Kier molecular flexibility index (Phi) is 6.22. The zero-order chi connectivity index (χ0) is 28.3. The molecule has 2 aliphatic heterocycles. The van der Waals surface area contributed by atoms with E-state index in [2.05, 4.69) is 15.6 Å². The summed E-state index contributed by atoms with van der Waals surface area (Å²) in [4.78, 5) is 30.6. The maximum Gasteiger partial charge on any atom is 0.408 e. The Morgan fingerprint density at radius 1 is 1.07 bits per heavy atom. The number of carbonyl (C=O) groups is 2. The molecule has 5 heterocycles. The fraction of sp³-hybridized carbons (Fsp3) is 0.556. The van der Waals surface area contributed by atoms with E-state index in [-0.39, 0.29) is 36.6 Å². The lowest BCUT2D eigenvalue weighted by Crippen LogP contribution is -2.40. The maximum absolute atomic E-state index is 14.2. The van der Waals surface area contributed by atoms with Gasteiger partial charge in [-0.15, -0.1) is 0 Å². The number of amides is 3. The molecule has 0 bridgehead atoms. The molecule has 0 radical (unpaired) electrons. The van der Waals surface area contributed by atoms with Crippen molar-refractivity contribution in [1.82, 2.24) is 34.9 Å². The standard InChI is InChI=1S/C27H32F3N7O3/c1-3-31-23(38)35-9-7-25(15-35)8-10-37-21(25)12-20(34-37)17-11-18-19(26(5-6-26)27(28,29)30)14-36(22(18)33-13-17)16-40-24(39)32-4-2/h11-14H,3-10,15-16H2,1-2H3,(H,31,38)(H,32,39). The summed E-state index contributed by atoms with van der Waals surface area (Å²) < 4.78 is 51.2. The molecule has 1 atom stereocenters. The van der Waals surface area contributed by atoms with E-state index in [0.29, 0.717) is 55.0 Å². The molecule has 2 N–H and O–H groups in total. The number of aryl methyl sites for hydroxylation is 1. The molecule has 3 aliphatic rings. The van der Waals surface area contributed by atoms with Crippen molar-refractivity contribution in [2.45, 2.75) is 69.8 Å². The van der Waals surface area contributed by atoms with Crippen molar-refractivity contribution in [3.05, 3.63) is 35.8 Å². The highest BCUT2D eigenvalue weighted by atomic mass is 19.4. The summed E-state index contributed by atoms with van der Waals surface area (Å²) in [5.74, 6) is 0. The summed E-state index contributed by atoms with van der Waals surface area (Å²) >= 11 is 0. The first-order valence-corrected chi connectivity index (χ1v) is 13.7. The van der Waals surface area contributed by atoms with E-state index in [1.807, 2.05) is 22.6 Å². The molecule has 10 nitrogen and oxygen atoms in total. The van der Waals surface area contributed by atoms with E-state index in [1.54, 1.807) is 19.2 Å². The van der Waals surface area contributed by atoms with Crippen LogP contribution in [0.15, 0.2) is 24.5 Å². The molecule has 1 unspecified atom stereocenters. The Balaban J connectivity index is 1.35. The largest absolute Gasteiger partial charge is 0.428 e. The number of hydrogen-bond donors (Lipinski definition) is 2. The Bertz CT molecular complexity index is 1480. The third kappa shape index (κ3) is 4.17. The quantitative estimate of drug-likeness (QED) is 0.469. The highest BCUT2D eigenvalue weighted by Crippen LogP contribution is 2.60. The first-order valence-electron chi connectivity index (χ1n) is 13.7. The summed E-state index contributed by atoms with van der Waals surface area (Å²) in [7, 11) is 0. The number of alkyl carbamates (subject to hydrolysis) is 1. The highest BCUT2D eigenvalue weighted by Gasteiger charge is 2.65. The van der Waals surface area contributed by atoms with Crippen molar-refractivity contribution in [2.75, 3.05) is 26.2 Å². The number of nitrogens with zero attached hydrogens (tertiary/aromatic N) is 5. The van der Waals surface area contributed by atoms with Crippen LogP contribution in [-0.2, 0) is 28.8 Å². The van der Waals surface area contributed by atoms with Crippen LogP contribution < -0.4 is 10.6 Å². The summed E-state index contributed by atoms with van der Waals surface area (Å²) in [5, 5.41) is 10.5. The van der Waals surface area contributed by atoms with Gasteiger partial charge in [-0.2, -0.15) is 18.3 Å². The first kappa shape index (κ1) is 26.5. The average molecular weight is 560 g/mol. The minimum Gasteiger partial charge on any atom is -0.428 e. The number of hydrogen-bond acceptors (Lipinski definition) is 5. The third-order valence-electron chi connectivity index (χ3n) is 8.57. The number of nitrogens with one attached hydrogen (secondary N) is 2. The summed E-state index contributed by atoms with van der Waals surface area (Å²) in [6.45, 7) is 6.29. The topological polar surface area (TPSA) is 106 Å². The van der Waals surface area contributed by atoms with Crippen LogP contribution in [0.25, 0.3) is 22.3 Å². The minimum atomic E-state index is -4.41. The third-order valence-corrected chi connectivity index (χ3v) is 8.57. The Morgan fingerprint density at radius 3 is 2.52 bits per heavy atom. The molecule has 3 amide bonds. The molecule has 1 saturated heterocycles. The van der Waals surface area contributed by atoms with Crippen LogP contribution in [0.5, 0.6) is 0 Å². The zero-order valence-electron chi connectivity index (χ0n) is 22.5. The van der Waals surface area contributed by atoms with Crippen molar-refractivity contribution in [2.24, 2.45) is 0 Å². The Morgan fingerprint density at radius 2 is 1.82 bits per heavy atom. The fourth-order valence-electron chi connectivity index (χ4n) is 6.27. The van der Waals surface area contributed by atoms with Gasteiger partial charge in [-0.1, -0.05) is 0 Å². The van der Waals surface area contributed by atoms with Crippen LogP contribution in [0, 0.1) is 0 Å². The van der Waals surface area contributed by atoms with E-state index in [4.69, 9.17) is 9.84 Å². The van der Waals surface area contributed by atoms with Crippen LogP contribution >= 0.6 is 0 Å². The van der Waals surface area contributed by atoms with E-state index < -0.39 is 17.7 Å². The maximum atomic E-state index is 14.2. The fourth-order valence-corrected chi connectivity index (χ4v) is 6.27. The van der Waals surface area contributed by atoms with Gasteiger partial charge in [0.25, 0.3) is 0 Å². The molecule has 13 heteroatoms. The van der Waals surface area contributed by atoms with Crippen molar-refractivity contribution in [3.8, 4) is 11.3 Å². The SMILES string of the molecule is CCNC(=O)OCn1cc(C2(C(F)(F)F)CC2)c2cc(-c3cc4n(n3)CCC43CCN(C(=O)NCC)C3)cnc21. The summed E-state index contributed by atoms with van der Waals surface area (Å²) in [6.07, 6.45) is -0.336. The van der Waals surface area contributed by atoms with Gasteiger partial charge in [0.1, 0.15) is 5.65 Å². The molecule has 3 aromatic rings. The Hall–Kier alpha value is -3.77. The second kappa shape index (κ2) is 9.41. The molecule has 1 saturated carbocycles. The average Bonchev–Trinajstić information content (AvgIpc) is 3.21. The number of halogens is 3. The number of alkyl halides is 3. The predicted octanol–water partition coefficient (Wildman–Crippen LogP) is 4.27. The number of carbonyl (C=O) groups excluding carboxylic acids is 2. The smallest absolute Gasteiger partial charge is 0.408 e. The van der Waals surface area contributed by atoms with Crippen LogP contribution in [0.1, 0.15) is 50.8 Å². The molecular weight excluding hydrogens is 527 g/mol. The molecule has 214 valence electrons. The molecule has 0 aromatic carbocycles. The summed E-state index contributed by atoms with van der Waals surface area (Å²) in [6, 6.07) is 3.63. The van der Waals surface area contributed by atoms with E-state index in [0.717, 1.165) is 18.5 Å². The van der Waals surface area contributed by atoms with Crippen molar-refractivity contribution in [3.63, 3.8) is 0 Å². The number of pyridine rings is 1. The molecule has 6 rings (SSSR count). The molecule has 40 heavy (non-hydrogen) atoms. The molecule has 1 spiro atoms. The van der Waals surface area contributed by atoms with Crippen LogP contribution in [0.3, 0.4) is 0 Å². The summed E-state index contributed by atoms with van der Waals surface area (Å²) in [5.41, 5.74) is 0.619. The highest BCUT2D eigenvalue weighted by molar-refractivity contribution is 5.86. The number of rotatable bonds is 6. The van der Waals surface area contributed by atoms with Crippen molar-refractivity contribution in [1.29, 1.82) is 0 Å². The molecule has 2 fully saturated rings. The second-order valence-corrected chi connectivity index (χ2v) is 11.0. The van der Waals surface area contributed by atoms with Gasteiger partial charge in [-0.25, -0.2) is 14.6 Å². The number of likely N-dealkylation sites (tertiary alicyclic amines) is 1. The monoisotopic (exact) mass is 559 g/mol. The number of ether oxygens (including phenoxy) is 1. The van der Waals surface area contributed by atoms with Gasteiger partial charge in [0.2, 0.25) is 0 Å². The van der Waals surface area contributed by atoms with Crippen molar-refractivity contribution >= 4 is 23.2 Å². The normalized spacial score (nSPS) is 21.2. The lowest BCUT2D eigenvalue weighted by atomic mass is 9.82. The van der Waals surface area contributed by atoms with Crippen LogP contribution in [0.2, 0.25) is 0 Å². The lowest BCUT2D eigenvalue weighted by molar-refractivity contribution is -0.160. The number of aromatic nitrogens is 4. The van der Waals surface area contributed by atoms with Crippen LogP contribution in [-0.4, -0.2) is 68.7 Å².